The van der Waals surface area contributed by atoms with Crippen molar-refractivity contribution in [1.82, 2.24) is 4.98 Å². The first-order valence-corrected chi connectivity index (χ1v) is 6.19. The lowest BCUT2D eigenvalue weighted by molar-refractivity contribution is 0.0698. The van der Waals surface area contributed by atoms with Crippen molar-refractivity contribution in [3.63, 3.8) is 0 Å². The Balaban J connectivity index is 2.29. The standard InChI is InChI=1S/C15H16N2O3/c1-10(11-5-7-16-8-6-11)17-14-9-12(20-2)3-4-13(14)15(18)19/h3-10,17H,1-2H3,(H,18,19). The average molecular weight is 272 g/mol. The first kappa shape index (κ1) is 13.9. The molecule has 0 radical (unpaired) electrons. The van der Waals surface area contributed by atoms with Crippen molar-refractivity contribution in [2.75, 3.05) is 12.4 Å². The molecule has 1 aromatic carbocycles. The highest BCUT2D eigenvalue weighted by atomic mass is 16.5. The second kappa shape index (κ2) is 6.06. The molecule has 20 heavy (non-hydrogen) atoms. The molecule has 1 unspecified atom stereocenters. The smallest absolute Gasteiger partial charge is 0.337 e. The van der Waals surface area contributed by atoms with Gasteiger partial charge in [-0.1, -0.05) is 0 Å². The van der Waals surface area contributed by atoms with Gasteiger partial charge in [-0.05, 0) is 36.8 Å². The maximum absolute atomic E-state index is 11.2. The van der Waals surface area contributed by atoms with Gasteiger partial charge in [0.15, 0.2) is 0 Å². The third kappa shape index (κ3) is 3.06. The van der Waals surface area contributed by atoms with Gasteiger partial charge in [0.05, 0.1) is 18.4 Å². The lowest BCUT2D eigenvalue weighted by Gasteiger charge is -2.17. The molecule has 0 aliphatic rings. The van der Waals surface area contributed by atoms with E-state index in [4.69, 9.17) is 4.74 Å². The minimum absolute atomic E-state index is 0.0387. The number of benzene rings is 1. The van der Waals surface area contributed by atoms with E-state index in [0.29, 0.717) is 11.4 Å². The number of rotatable bonds is 5. The number of aromatic carboxylic acids is 1. The minimum atomic E-state index is -0.975. The van der Waals surface area contributed by atoms with Crippen LogP contribution in [-0.2, 0) is 0 Å². The van der Waals surface area contributed by atoms with Gasteiger partial charge in [0.2, 0.25) is 0 Å². The van der Waals surface area contributed by atoms with E-state index in [0.717, 1.165) is 5.56 Å². The summed E-state index contributed by atoms with van der Waals surface area (Å²) in [5, 5.41) is 12.4. The van der Waals surface area contributed by atoms with E-state index in [9.17, 15) is 9.90 Å². The van der Waals surface area contributed by atoms with Gasteiger partial charge in [-0.15, -0.1) is 0 Å². The predicted molar refractivity (Wildman–Crippen MR) is 76.2 cm³/mol. The summed E-state index contributed by atoms with van der Waals surface area (Å²) in [6.07, 6.45) is 3.41. The Hall–Kier alpha value is -2.56. The van der Waals surface area contributed by atoms with Gasteiger partial charge in [-0.3, -0.25) is 4.98 Å². The summed E-state index contributed by atoms with van der Waals surface area (Å²) in [5.74, 6) is -0.364. The third-order valence-corrected chi connectivity index (χ3v) is 3.04. The van der Waals surface area contributed by atoms with Crippen LogP contribution in [0.1, 0.15) is 28.9 Å². The summed E-state index contributed by atoms with van der Waals surface area (Å²) in [4.78, 5) is 15.2. The maximum Gasteiger partial charge on any atom is 0.337 e. The van der Waals surface area contributed by atoms with Crippen LogP contribution >= 0.6 is 0 Å². The number of carboxylic acid groups (broad SMARTS) is 1. The Morgan fingerprint density at radius 2 is 2.00 bits per heavy atom. The normalized spacial score (nSPS) is 11.7. The van der Waals surface area contributed by atoms with Gasteiger partial charge in [-0.25, -0.2) is 4.79 Å². The number of hydrogen-bond donors (Lipinski definition) is 2. The molecule has 0 saturated heterocycles. The molecule has 0 saturated carbocycles. The molecule has 5 nitrogen and oxygen atoms in total. The lowest BCUT2D eigenvalue weighted by Crippen LogP contribution is -2.11. The van der Waals surface area contributed by atoms with Gasteiger partial charge in [0.1, 0.15) is 5.75 Å². The third-order valence-electron chi connectivity index (χ3n) is 3.04. The number of carbonyl (C=O) groups is 1. The fourth-order valence-corrected chi connectivity index (χ4v) is 1.92. The number of pyridine rings is 1. The monoisotopic (exact) mass is 272 g/mol. The highest BCUT2D eigenvalue weighted by Gasteiger charge is 2.14. The van der Waals surface area contributed by atoms with Gasteiger partial charge >= 0.3 is 5.97 Å². The highest BCUT2D eigenvalue weighted by Crippen LogP contribution is 2.26. The fraction of sp³-hybridized carbons (Fsp3) is 0.200. The number of ether oxygens (including phenoxy) is 1. The molecule has 0 spiro atoms. The first-order chi connectivity index (χ1) is 9.61. The molecule has 2 rings (SSSR count). The molecule has 0 aliphatic carbocycles. The summed E-state index contributed by atoms with van der Waals surface area (Å²) in [6.45, 7) is 1.96. The average Bonchev–Trinajstić information content (AvgIpc) is 2.47. The second-order valence-corrected chi connectivity index (χ2v) is 4.36. The summed E-state index contributed by atoms with van der Waals surface area (Å²) in [6, 6.07) is 8.58. The van der Waals surface area contributed by atoms with Crippen molar-refractivity contribution < 1.29 is 14.6 Å². The molecule has 5 heteroatoms. The van der Waals surface area contributed by atoms with Crippen molar-refractivity contribution in [3.8, 4) is 5.75 Å². The highest BCUT2D eigenvalue weighted by molar-refractivity contribution is 5.94. The summed E-state index contributed by atoms with van der Waals surface area (Å²) >= 11 is 0. The van der Waals surface area contributed by atoms with Crippen LogP contribution in [-0.4, -0.2) is 23.2 Å². The Morgan fingerprint density at radius 3 is 2.60 bits per heavy atom. The molecule has 0 amide bonds. The maximum atomic E-state index is 11.2. The van der Waals surface area contributed by atoms with Crippen LogP contribution in [0.2, 0.25) is 0 Å². The molecule has 2 N–H and O–H groups in total. The molecule has 0 bridgehead atoms. The van der Waals surface area contributed by atoms with Crippen LogP contribution < -0.4 is 10.1 Å². The Labute approximate surface area is 117 Å². The van der Waals surface area contributed by atoms with E-state index in [1.54, 1.807) is 31.6 Å². The van der Waals surface area contributed by atoms with E-state index in [2.05, 4.69) is 10.3 Å². The van der Waals surface area contributed by atoms with Gasteiger partial charge in [0.25, 0.3) is 0 Å². The number of methoxy groups -OCH3 is 1. The van der Waals surface area contributed by atoms with Crippen LogP contribution in [0.25, 0.3) is 0 Å². The number of carboxylic acids is 1. The van der Waals surface area contributed by atoms with Gasteiger partial charge in [0, 0.05) is 24.5 Å². The van der Waals surface area contributed by atoms with E-state index >= 15 is 0 Å². The molecule has 0 fully saturated rings. The molecule has 1 atom stereocenters. The Kier molecular flexibility index (Phi) is 4.20. The Morgan fingerprint density at radius 1 is 1.30 bits per heavy atom. The summed E-state index contributed by atoms with van der Waals surface area (Å²) in [5.41, 5.74) is 1.77. The predicted octanol–water partition coefficient (Wildman–Crippen LogP) is 2.96. The van der Waals surface area contributed by atoms with E-state index in [1.807, 2.05) is 19.1 Å². The van der Waals surface area contributed by atoms with Crippen molar-refractivity contribution in [1.29, 1.82) is 0 Å². The summed E-state index contributed by atoms with van der Waals surface area (Å²) in [7, 11) is 1.55. The SMILES string of the molecule is COc1ccc(C(=O)O)c(NC(C)c2ccncc2)c1. The van der Waals surface area contributed by atoms with Crippen molar-refractivity contribution >= 4 is 11.7 Å². The minimum Gasteiger partial charge on any atom is -0.497 e. The zero-order valence-corrected chi connectivity index (χ0v) is 11.3. The van der Waals surface area contributed by atoms with Crippen LogP contribution in [0, 0.1) is 0 Å². The lowest BCUT2D eigenvalue weighted by atomic mass is 10.1. The molecular weight excluding hydrogens is 256 g/mol. The zero-order chi connectivity index (χ0) is 14.5. The number of hydrogen-bond acceptors (Lipinski definition) is 4. The molecule has 104 valence electrons. The number of anilines is 1. The van der Waals surface area contributed by atoms with Gasteiger partial charge < -0.3 is 15.2 Å². The van der Waals surface area contributed by atoms with Crippen LogP contribution in [0.5, 0.6) is 5.75 Å². The Bertz CT molecular complexity index is 599. The second-order valence-electron chi connectivity index (χ2n) is 4.36. The number of aromatic nitrogens is 1. The van der Waals surface area contributed by atoms with E-state index in [-0.39, 0.29) is 11.6 Å². The van der Waals surface area contributed by atoms with Crippen LogP contribution in [0.4, 0.5) is 5.69 Å². The number of nitrogens with one attached hydrogen (secondary N) is 1. The molecule has 2 aromatic rings. The van der Waals surface area contributed by atoms with E-state index in [1.165, 1.54) is 6.07 Å². The number of nitrogens with zero attached hydrogens (tertiary/aromatic N) is 1. The topological polar surface area (TPSA) is 71.5 Å². The summed E-state index contributed by atoms with van der Waals surface area (Å²) < 4.78 is 5.13. The van der Waals surface area contributed by atoms with Crippen molar-refractivity contribution in [3.05, 3.63) is 53.9 Å². The van der Waals surface area contributed by atoms with E-state index < -0.39 is 5.97 Å². The van der Waals surface area contributed by atoms with Crippen LogP contribution in [0.3, 0.4) is 0 Å². The fourth-order valence-electron chi connectivity index (χ4n) is 1.92. The van der Waals surface area contributed by atoms with Crippen molar-refractivity contribution in [2.45, 2.75) is 13.0 Å². The first-order valence-electron chi connectivity index (χ1n) is 6.19. The quantitative estimate of drug-likeness (QED) is 0.875. The molecule has 1 aromatic heterocycles. The van der Waals surface area contributed by atoms with Gasteiger partial charge in [-0.2, -0.15) is 0 Å². The molecule has 0 aliphatic heterocycles. The molecular formula is C15H16N2O3. The molecule has 1 heterocycles. The zero-order valence-electron chi connectivity index (χ0n) is 11.3. The van der Waals surface area contributed by atoms with Crippen molar-refractivity contribution in [2.24, 2.45) is 0 Å². The van der Waals surface area contributed by atoms with Crippen LogP contribution in [0.15, 0.2) is 42.7 Å². The largest absolute Gasteiger partial charge is 0.497 e.